The normalized spacial score (nSPS) is 12.3. The highest BCUT2D eigenvalue weighted by molar-refractivity contribution is 5.99. The van der Waals surface area contributed by atoms with Crippen molar-refractivity contribution in [2.45, 2.75) is 6.10 Å². The molecular formula is C13H12O3. The minimum atomic E-state index is -0.571. The van der Waals surface area contributed by atoms with Crippen LogP contribution in [-0.4, -0.2) is 12.9 Å². The van der Waals surface area contributed by atoms with E-state index >= 15 is 0 Å². The molecule has 0 aliphatic heterocycles. The van der Waals surface area contributed by atoms with E-state index in [9.17, 15) is 4.79 Å². The van der Waals surface area contributed by atoms with Crippen molar-refractivity contribution in [1.29, 1.82) is 0 Å². The Kier molecular flexibility index (Phi) is 3.17. The molecule has 82 valence electrons. The highest BCUT2D eigenvalue weighted by Crippen LogP contribution is 2.21. The zero-order valence-corrected chi connectivity index (χ0v) is 8.92. The lowest BCUT2D eigenvalue weighted by atomic mass is 10.0. The minimum Gasteiger partial charge on any atom is -0.472 e. The van der Waals surface area contributed by atoms with E-state index in [4.69, 9.17) is 9.15 Å². The van der Waals surface area contributed by atoms with Crippen molar-refractivity contribution >= 4 is 5.78 Å². The second kappa shape index (κ2) is 4.77. The Morgan fingerprint density at radius 3 is 2.56 bits per heavy atom. The summed E-state index contributed by atoms with van der Waals surface area (Å²) in [6, 6.07) is 11.0. The molecule has 1 atom stereocenters. The van der Waals surface area contributed by atoms with E-state index in [-0.39, 0.29) is 5.78 Å². The van der Waals surface area contributed by atoms with Crippen LogP contribution in [0, 0.1) is 0 Å². The Bertz CT molecular complexity index is 445. The van der Waals surface area contributed by atoms with Gasteiger partial charge in [-0.05, 0) is 11.6 Å². The molecule has 0 aliphatic rings. The maximum absolute atomic E-state index is 12.1. The molecule has 3 heteroatoms. The van der Waals surface area contributed by atoms with E-state index in [1.807, 2.05) is 30.3 Å². The average molecular weight is 216 g/mol. The summed E-state index contributed by atoms with van der Waals surface area (Å²) < 4.78 is 10.1. The summed E-state index contributed by atoms with van der Waals surface area (Å²) in [5.74, 6) is -0.0950. The van der Waals surface area contributed by atoms with Crippen LogP contribution in [0.25, 0.3) is 0 Å². The van der Waals surface area contributed by atoms with Gasteiger partial charge in [0, 0.05) is 7.11 Å². The van der Waals surface area contributed by atoms with Crippen LogP contribution in [0.2, 0.25) is 0 Å². The molecule has 1 heterocycles. The topological polar surface area (TPSA) is 39.4 Å². The molecular weight excluding hydrogens is 204 g/mol. The molecule has 1 aromatic carbocycles. The molecule has 0 fully saturated rings. The fourth-order valence-electron chi connectivity index (χ4n) is 1.58. The van der Waals surface area contributed by atoms with E-state index in [0.29, 0.717) is 5.56 Å². The molecule has 2 aromatic rings. The minimum absolute atomic E-state index is 0.0950. The van der Waals surface area contributed by atoms with E-state index in [0.717, 1.165) is 5.56 Å². The summed E-state index contributed by atoms with van der Waals surface area (Å²) in [5.41, 5.74) is 1.37. The Hall–Kier alpha value is -1.87. The average Bonchev–Trinajstić information content (AvgIpc) is 2.85. The molecule has 0 spiro atoms. The smallest absolute Gasteiger partial charge is 0.199 e. The number of benzene rings is 1. The zero-order chi connectivity index (χ0) is 11.4. The number of methoxy groups -OCH3 is 1. The number of hydrogen-bond donors (Lipinski definition) is 0. The largest absolute Gasteiger partial charge is 0.472 e. The number of hydrogen-bond acceptors (Lipinski definition) is 3. The summed E-state index contributed by atoms with van der Waals surface area (Å²) in [5, 5.41) is 0. The van der Waals surface area contributed by atoms with E-state index in [2.05, 4.69) is 0 Å². The van der Waals surface area contributed by atoms with Gasteiger partial charge in [0.1, 0.15) is 12.4 Å². The number of carbonyl (C=O) groups excluding carboxylic acids is 1. The van der Waals surface area contributed by atoms with Crippen LogP contribution in [0.1, 0.15) is 22.0 Å². The van der Waals surface area contributed by atoms with Gasteiger partial charge in [-0.1, -0.05) is 30.3 Å². The van der Waals surface area contributed by atoms with Crippen LogP contribution in [0.5, 0.6) is 0 Å². The van der Waals surface area contributed by atoms with Crippen molar-refractivity contribution in [2.24, 2.45) is 0 Å². The number of carbonyl (C=O) groups is 1. The molecule has 16 heavy (non-hydrogen) atoms. The van der Waals surface area contributed by atoms with Crippen LogP contribution in [0.15, 0.2) is 53.3 Å². The van der Waals surface area contributed by atoms with Crippen LogP contribution in [0.4, 0.5) is 0 Å². The first-order valence-corrected chi connectivity index (χ1v) is 4.97. The SMILES string of the molecule is COC(C(=O)c1ccoc1)c1ccccc1. The van der Waals surface area contributed by atoms with Crippen molar-refractivity contribution in [3.8, 4) is 0 Å². The quantitative estimate of drug-likeness (QED) is 0.738. The molecule has 0 saturated carbocycles. The third-order valence-corrected chi connectivity index (χ3v) is 2.38. The van der Waals surface area contributed by atoms with Gasteiger partial charge in [0.05, 0.1) is 11.8 Å². The molecule has 0 N–H and O–H groups in total. The van der Waals surface area contributed by atoms with Gasteiger partial charge in [0.25, 0.3) is 0 Å². The molecule has 0 amide bonds. The first-order valence-electron chi connectivity index (χ1n) is 4.97. The van der Waals surface area contributed by atoms with Gasteiger partial charge in [0.2, 0.25) is 0 Å². The number of Topliss-reactive ketones (excluding diaryl/α,β-unsaturated/α-hetero) is 1. The molecule has 1 aromatic heterocycles. The zero-order valence-electron chi connectivity index (χ0n) is 8.92. The van der Waals surface area contributed by atoms with Crippen molar-refractivity contribution in [2.75, 3.05) is 7.11 Å². The molecule has 0 aliphatic carbocycles. The maximum atomic E-state index is 12.1. The highest BCUT2D eigenvalue weighted by Gasteiger charge is 2.21. The number of furan rings is 1. The molecule has 2 rings (SSSR count). The highest BCUT2D eigenvalue weighted by atomic mass is 16.5. The van der Waals surface area contributed by atoms with Gasteiger partial charge in [-0.25, -0.2) is 0 Å². The summed E-state index contributed by atoms with van der Waals surface area (Å²) in [6.45, 7) is 0. The second-order valence-corrected chi connectivity index (χ2v) is 3.40. The first-order chi connectivity index (χ1) is 7.83. The maximum Gasteiger partial charge on any atom is 0.199 e. The Labute approximate surface area is 93.7 Å². The van der Waals surface area contributed by atoms with Gasteiger partial charge in [0.15, 0.2) is 5.78 Å². The van der Waals surface area contributed by atoms with Gasteiger partial charge < -0.3 is 9.15 Å². The van der Waals surface area contributed by atoms with Crippen LogP contribution < -0.4 is 0 Å². The fourth-order valence-corrected chi connectivity index (χ4v) is 1.58. The van der Waals surface area contributed by atoms with Crippen LogP contribution in [0.3, 0.4) is 0 Å². The van der Waals surface area contributed by atoms with Crippen molar-refractivity contribution in [3.05, 3.63) is 60.1 Å². The summed E-state index contributed by atoms with van der Waals surface area (Å²) in [6.07, 6.45) is 2.33. The summed E-state index contributed by atoms with van der Waals surface area (Å²) in [7, 11) is 1.52. The lowest BCUT2D eigenvalue weighted by Crippen LogP contribution is -2.14. The van der Waals surface area contributed by atoms with Crippen molar-refractivity contribution in [1.82, 2.24) is 0 Å². The number of ether oxygens (including phenoxy) is 1. The van der Waals surface area contributed by atoms with Gasteiger partial charge in [-0.2, -0.15) is 0 Å². The standard InChI is InChI=1S/C13H12O3/c1-15-13(10-5-3-2-4-6-10)12(14)11-7-8-16-9-11/h2-9,13H,1H3. The molecule has 0 radical (unpaired) electrons. The third-order valence-electron chi connectivity index (χ3n) is 2.38. The van der Waals surface area contributed by atoms with Crippen LogP contribution in [-0.2, 0) is 4.74 Å². The molecule has 0 bridgehead atoms. The lowest BCUT2D eigenvalue weighted by molar-refractivity contribution is 0.0604. The second-order valence-electron chi connectivity index (χ2n) is 3.40. The van der Waals surface area contributed by atoms with Crippen molar-refractivity contribution in [3.63, 3.8) is 0 Å². The van der Waals surface area contributed by atoms with Gasteiger partial charge in [-0.3, -0.25) is 4.79 Å². The predicted octanol–water partition coefficient (Wildman–Crippen LogP) is 2.85. The van der Waals surface area contributed by atoms with Crippen LogP contribution >= 0.6 is 0 Å². The van der Waals surface area contributed by atoms with Gasteiger partial charge in [-0.15, -0.1) is 0 Å². The third kappa shape index (κ3) is 2.04. The molecule has 1 unspecified atom stereocenters. The predicted molar refractivity (Wildman–Crippen MR) is 59.2 cm³/mol. The lowest BCUT2D eigenvalue weighted by Gasteiger charge is -2.13. The Balaban J connectivity index is 2.27. The summed E-state index contributed by atoms with van der Waals surface area (Å²) >= 11 is 0. The van der Waals surface area contributed by atoms with Gasteiger partial charge >= 0.3 is 0 Å². The van der Waals surface area contributed by atoms with E-state index in [1.165, 1.54) is 19.6 Å². The summed E-state index contributed by atoms with van der Waals surface area (Å²) in [4.78, 5) is 12.1. The van der Waals surface area contributed by atoms with Crippen molar-refractivity contribution < 1.29 is 13.9 Å². The van der Waals surface area contributed by atoms with E-state index in [1.54, 1.807) is 6.07 Å². The Morgan fingerprint density at radius 2 is 2.00 bits per heavy atom. The fraction of sp³-hybridized carbons (Fsp3) is 0.154. The molecule has 0 saturated heterocycles. The number of ketones is 1. The first kappa shape index (κ1) is 10.6. The van der Waals surface area contributed by atoms with E-state index < -0.39 is 6.10 Å². The Morgan fingerprint density at radius 1 is 1.25 bits per heavy atom. The monoisotopic (exact) mass is 216 g/mol. The number of rotatable bonds is 4. The molecule has 3 nitrogen and oxygen atoms in total.